The molecular formula is C12H17NO3S. The molecule has 2 atom stereocenters. The van der Waals surface area contributed by atoms with E-state index in [1.165, 1.54) is 7.11 Å². The third-order valence-corrected chi connectivity index (χ3v) is 4.01. The summed E-state index contributed by atoms with van der Waals surface area (Å²) in [6.07, 6.45) is 0.176. The predicted molar refractivity (Wildman–Crippen MR) is 66.9 cm³/mol. The summed E-state index contributed by atoms with van der Waals surface area (Å²) in [5.41, 5.74) is 1.69. The molecule has 0 aliphatic carbocycles. The minimum absolute atomic E-state index is 0.176. The number of carbonyl (C=O) groups excluding carboxylic acids is 1. The highest BCUT2D eigenvalue weighted by Gasteiger charge is 2.16. The van der Waals surface area contributed by atoms with Crippen molar-refractivity contribution < 1.29 is 13.7 Å². The van der Waals surface area contributed by atoms with Crippen molar-refractivity contribution in [2.75, 3.05) is 7.11 Å². The largest absolute Gasteiger partial charge is 0.469 e. The highest BCUT2D eigenvalue weighted by atomic mass is 32.2. The van der Waals surface area contributed by atoms with Crippen LogP contribution in [0.2, 0.25) is 0 Å². The van der Waals surface area contributed by atoms with Crippen molar-refractivity contribution in [2.24, 2.45) is 0 Å². The Morgan fingerprint density at radius 2 is 2.24 bits per heavy atom. The third kappa shape index (κ3) is 4.65. The zero-order valence-electron chi connectivity index (χ0n) is 10.3. The maximum absolute atomic E-state index is 11.9. The zero-order valence-corrected chi connectivity index (χ0v) is 11.1. The average Bonchev–Trinajstić information content (AvgIpc) is 2.28. The van der Waals surface area contributed by atoms with Crippen LogP contribution in [0.4, 0.5) is 0 Å². The fourth-order valence-corrected chi connectivity index (χ4v) is 2.44. The summed E-state index contributed by atoms with van der Waals surface area (Å²) in [5.74, 6) is 0.0443. The number of nitrogens with zero attached hydrogens (tertiary/aromatic N) is 1. The lowest BCUT2D eigenvalue weighted by Crippen LogP contribution is -2.18. The first-order valence-electron chi connectivity index (χ1n) is 5.39. The second-order valence-corrected chi connectivity index (χ2v) is 5.74. The van der Waals surface area contributed by atoms with Crippen molar-refractivity contribution in [3.8, 4) is 0 Å². The van der Waals surface area contributed by atoms with Gasteiger partial charge in [-0.3, -0.25) is 14.0 Å². The molecule has 17 heavy (non-hydrogen) atoms. The van der Waals surface area contributed by atoms with Gasteiger partial charge in [-0.15, -0.1) is 0 Å². The summed E-state index contributed by atoms with van der Waals surface area (Å²) in [6.45, 7) is 3.67. The molecule has 1 heterocycles. The van der Waals surface area contributed by atoms with E-state index in [4.69, 9.17) is 0 Å². The molecule has 94 valence electrons. The van der Waals surface area contributed by atoms with E-state index in [1.807, 2.05) is 25.1 Å². The maximum Gasteiger partial charge on any atom is 0.306 e. The zero-order chi connectivity index (χ0) is 12.8. The van der Waals surface area contributed by atoms with E-state index in [1.54, 1.807) is 6.92 Å². The first kappa shape index (κ1) is 13.8. The highest BCUT2D eigenvalue weighted by molar-refractivity contribution is 7.84. The number of hydrogen-bond donors (Lipinski definition) is 0. The molecule has 0 saturated carbocycles. The first-order valence-corrected chi connectivity index (χ1v) is 6.77. The molecule has 2 unspecified atom stereocenters. The fraction of sp³-hybridized carbons (Fsp3) is 0.500. The number of carbonyl (C=O) groups is 1. The number of aryl methyl sites for hydroxylation is 1. The second-order valence-electron chi connectivity index (χ2n) is 3.89. The molecule has 0 N–H and O–H groups in total. The number of hydrogen-bond acceptors (Lipinski definition) is 4. The van der Waals surface area contributed by atoms with E-state index < -0.39 is 10.8 Å². The van der Waals surface area contributed by atoms with Crippen LogP contribution in [-0.4, -0.2) is 27.5 Å². The molecule has 0 spiro atoms. The van der Waals surface area contributed by atoms with Crippen molar-refractivity contribution in [2.45, 2.75) is 31.3 Å². The van der Waals surface area contributed by atoms with Crippen LogP contribution < -0.4 is 0 Å². The minimum Gasteiger partial charge on any atom is -0.469 e. The van der Waals surface area contributed by atoms with Gasteiger partial charge in [0.15, 0.2) is 0 Å². The Labute approximate surface area is 104 Å². The molecule has 1 rings (SSSR count). The van der Waals surface area contributed by atoms with Crippen LogP contribution in [0.3, 0.4) is 0 Å². The van der Waals surface area contributed by atoms with Gasteiger partial charge in [0.05, 0.1) is 25.0 Å². The van der Waals surface area contributed by atoms with E-state index in [2.05, 4.69) is 9.72 Å². The van der Waals surface area contributed by atoms with Crippen molar-refractivity contribution in [3.63, 3.8) is 0 Å². The Hall–Kier alpha value is -1.23. The fourth-order valence-electron chi connectivity index (χ4n) is 1.38. The van der Waals surface area contributed by atoms with Crippen molar-refractivity contribution in [3.05, 3.63) is 29.6 Å². The molecular weight excluding hydrogens is 238 g/mol. The van der Waals surface area contributed by atoms with E-state index in [0.29, 0.717) is 5.75 Å². The molecule has 1 aromatic rings. The summed E-state index contributed by atoms with van der Waals surface area (Å²) in [5, 5.41) is -0.218. The van der Waals surface area contributed by atoms with Gasteiger partial charge in [-0.25, -0.2) is 0 Å². The van der Waals surface area contributed by atoms with Crippen LogP contribution in [0.25, 0.3) is 0 Å². The van der Waals surface area contributed by atoms with Gasteiger partial charge in [0, 0.05) is 21.7 Å². The van der Waals surface area contributed by atoms with Crippen LogP contribution in [0.1, 0.15) is 24.7 Å². The van der Waals surface area contributed by atoms with Crippen LogP contribution in [0.15, 0.2) is 18.2 Å². The van der Waals surface area contributed by atoms with Gasteiger partial charge in [-0.2, -0.15) is 0 Å². The van der Waals surface area contributed by atoms with Gasteiger partial charge in [-0.05, 0) is 19.1 Å². The van der Waals surface area contributed by atoms with E-state index >= 15 is 0 Å². The van der Waals surface area contributed by atoms with Gasteiger partial charge >= 0.3 is 5.97 Å². The SMILES string of the molecule is COC(=O)CC(C)S(=O)Cc1cccc(C)n1. The van der Waals surface area contributed by atoms with Gasteiger partial charge in [0.25, 0.3) is 0 Å². The van der Waals surface area contributed by atoms with Crippen LogP contribution in [-0.2, 0) is 26.1 Å². The molecule has 0 aliphatic rings. The van der Waals surface area contributed by atoms with Crippen molar-refractivity contribution >= 4 is 16.8 Å². The van der Waals surface area contributed by atoms with Crippen LogP contribution >= 0.6 is 0 Å². The van der Waals surface area contributed by atoms with Crippen LogP contribution in [0, 0.1) is 6.92 Å². The summed E-state index contributed by atoms with van der Waals surface area (Å²) in [4.78, 5) is 15.3. The van der Waals surface area contributed by atoms with Crippen LogP contribution in [0.5, 0.6) is 0 Å². The average molecular weight is 255 g/mol. The maximum atomic E-state index is 11.9. The smallest absolute Gasteiger partial charge is 0.306 e. The standard InChI is InChI=1S/C12H17NO3S/c1-9-5-4-6-11(13-9)8-17(15)10(2)7-12(14)16-3/h4-6,10H,7-8H2,1-3H3. The lowest BCUT2D eigenvalue weighted by molar-refractivity contribution is -0.140. The monoisotopic (exact) mass is 255 g/mol. The molecule has 0 saturated heterocycles. The number of ether oxygens (including phenoxy) is 1. The van der Waals surface area contributed by atoms with E-state index in [0.717, 1.165) is 11.4 Å². The summed E-state index contributed by atoms with van der Waals surface area (Å²) in [7, 11) is 0.224. The number of methoxy groups -OCH3 is 1. The molecule has 0 aliphatic heterocycles. The third-order valence-electron chi connectivity index (χ3n) is 2.37. The molecule has 1 aromatic heterocycles. The van der Waals surface area contributed by atoms with Gasteiger partial charge in [-0.1, -0.05) is 13.0 Å². The molecule has 0 radical (unpaired) electrons. The lowest BCUT2D eigenvalue weighted by Gasteiger charge is -2.09. The van der Waals surface area contributed by atoms with Gasteiger partial charge in [0.2, 0.25) is 0 Å². The number of pyridine rings is 1. The van der Waals surface area contributed by atoms with E-state index in [9.17, 15) is 9.00 Å². The Balaban J connectivity index is 2.57. The Bertz CT molecular complexity index is 420. The number of esters is 1. The number of aromatic nitrogens is 1. The van der Waals surface area contributed by atoms with Gasteiger partial charge < -0.3 is 4.74 Å². The Kier molecular flexibility index (Phi) is 5.28. The minimum atomic E-state index is -1.11. The Morgan fingerprint density at radius 3 is 2.82 bits per heavy atom. The molecule has 0 fully saturated rings. The van der Waals surface area contributed by atoms with Gasteiger partial charge in [0.1, 0.15) is 0 Å². The molecule has 4 nitrogen and oxygen atoms in total. The quantitative estimate of drug-likeness (QED) is 0.750. The van der Waals surface area contributed by atoms with Crippen molar-refractivity contribution in [1.82, 2.24) is 4.98 Å². The molecule has 0 amide bonds. The second kappa shape index (κ2) is 6.49. The lowest BCUT2D eigenvalue weighted by atomic mass is 10.3. The summed E-state index contributed by atoms with van der Waals surface area (Å²) < 4.78 is 16.5. The normalized spacial score (nSPS) is 14.1. The topological polar surface area (TPSA) is 56.3 Å². The molecule has 0 aromatic carbocycles. The van der Waals surface area contributed by atoms with Crippen molar-refractivity contribution in [1.29, 1.82) is 0 Å². The molecule has 0 bridgehead atoms. The summed E-state index contributed by atoms with van der Waals surface area (Å²) >= 11 is 0. The highest BCUT2D eigenvalue weighted by Crippen LogP contribution is 2.09. The molecule has 5 heteroatoms. The number of rotatable bonds is 5. The summed E-state index contributed by atoms with van der Waals surface area (Å²) in [6, 6.07) is 5.62. The predicted octanol–water partition coefficient (Wildman–Crippen LogP) is 1.59. The van der Waals surface area contributed by atoms with E-state index in [-0.39, 0.29) is 17.6 Å². The Morgan fingerprint density at radius 1 is 1.53 bits per heavy atom. The first-order chi connectivity index (χ1) is 8.02.